The average molecular weight is 625 g/mol. The van der Waals surface area contributed by atoms with Crippen molar-refractivity contribution >= 4 is 22.1 Å². The predicted octanol–water partition coefficient (Wildman–Crippen LogP) is 8.22. The Morgan fingerprint density at radius 1 is 0.417 bits per heavy atom. The number of hydrogen-bond donors (Lipinski definition) is 0. The smallest absolute Gasteiger partial charge is 0.191 e. The van der Waals surface area contributed by atoms with Gasteiger partial charge in [-0.25, -0.2) is 9.97 Å². The summed E-state index contributed by atoms with van der Waals surface area (Å²) in [6, 6.07) is 51.1. The molecule has 0 unspecified atom stereocenters. The third-order valence-corrected chi connectivity index (χ3v) is 8.24. The van der Waals surface area contributed by atoms with Gasteiger partial charge in [0.25, 0.3) is 0 Å². The lowest BCUT2D eigenvalue weighted by atomic mass is 10.1. The summed E-state index contributed by atoms with van der Waals surface area (Å²) in [6.45, 7) is 1.33. The first-order valence-electron chi connectivity index (χ1n) is 15.8. The van der Waals surface area contributed by atoms with Crippen molar-refractivity contribution in [2.75, 3.05) is 0 Å². The molecule has 0 saturated carbocycles. The summed E-state index contributed by atoms with van der Waals surface area (Å²) >= 11 is 0. The fourth-order valence-corrected chi connectivity index (χ4v) is 5.94. The van der Waals surface area contributed by atoms with E-state index in [1.54, 1.807) is 36.7 Å². The molecule has 0 aliphatic carbocycles. The second-order valence-corrected chi connectivity index (χ2v) is 11.4. The summed E-state index contributed by atoms with van der Waals surface area (Å²) in [5.74, 6) is 0. The molecule has 8 aromatic rings. The summed E-state index contributed by atoms with van der Waals surface area (Å²) < 4.78 is 4.22. The van der Waals surface area contributed by atoms with Gasteiger partial charge in [-0.05, 0) is 46.5 Å². The molecule has 0 aliphatic heterocycles. The summed E-state index contributed by atoms with van der Waals surface area (Å²) in [5, 5.41) is 1.29. The van der Waals surface area contributed by atoms with Crippen molar-refractivity contribution in [3.05, 3.63) is 202 Å². The second kappa shape index (κ2) is 13.9. The van der Waals surface area contributed by atoms with Gasteiger partial charge in [-0.15, -0.1) is 0 Å². The zero-order chi connectivity index (χ0) is 32.7. The highest BCUT2D eigenvalue weighted by molar-refractivity contribution is 5.80. The van der Waals surface area contributed by atoms with E-state index in [1.165, 1.54) is 11.1 Å². The number of fused-ring (bicyclic) bond motifs is 2. The number of hydrogen-bond acceptors (Lipinski definition) is 4. The first-order valence-corrected chi connectivity index (χ1v) is 15.8. The Kier molecular flexibility index (Phi) is 8.78. The Bertz CT molecular complexity index is 2250. The molecule has 0 radical (unpaired) electrons. The van der Waals surface area contributed by atoms with Gasteiger partial charge in [-0.2, -0.15) is 0 Å². The third kappa shape index (κ3) is 6.46. The average Bonchev–Trinajstić information content (AvgIpc) is 3.16. The van der Waals surface area contributed by atoms with Crippen LogP contribution >= 0.6 is 0 Å². The van der Waals surface area contributed by atoms with E-state index in [0.29, 0.717) is 35.2 Å². The number of benzene rings is 4. The molecule has 6 nitrogen and oxygen atoms in total. The summed E-state index contributed by atoms with van der Waals surface area (Å²) in [4.78, 5) is 34.0. The minimum Gasteiger partial charge on any atom is -0.321 e. The highest BCUT2D eigenvalue weighted by Gasteiger charge is 2.13. The zero-order valence-corrected chi connectivity index (χ0v) is 26.2. The number of rotatable bonds is 6. The Labute approximate surface area is 277 Å². The van der Waals surface area contributed by atoms with Crippen molar-refractivity contribution in [2.24, 2.45) is 0 Å². The minimum atomic E-state index is 0.00117. The minimum absolute atomic E-state index is 0.00117. The van der Waals surface area contributed by atoms with Crippen LogP contribution in [0.3, 0.4) is 0 Å². The van der Waals surface area contributed by atoms with Crippen molar-refractivity contribution in [3.8, 4) is 22.5 Å². The van der Waals surface area contributed by atoms with E-state index in [0.717, 1.165) is 22.5 Å². The number of nitrogens with zero attached hydrogens (tertiary/aromatic N) is 4. The molecule has 0 fully saturated rings. The van der Waals surface area contributed by atoms with E-state index >= 15 is 0 Å². The SMILES string of the molecule is O=c1cc(-c2ccccc2)n(Cc2ccccc2)c2ncccc12.O=c1cc(-c2ccccc2)n(Cc2ccccc2)c2ncccc12. The Balaban J connectivity index is 0.000000152. The highest BCUT2D eigenvalue weighted by atomic mass is 16.1. The predicted molar refractivity (Wildman–Crippen MR) is 194 cm³/mol. The molecule has 4 heterocycles. The van der Waals surface area contributed by atoms with Crippen LogP contribution in [0.25, 0.3) is 44.6 Å². The molecule has 0 bridgehead atoms. The van der Waals surface area contributed by atoms with Crippen molar-refractivity contribution in [3.63, 3.8) is 0 Å². The van der Waals surface area contributed by atoms with Gasteiger partial charge in [0.2, 0.25) is 0 Å². The van der Waals surface area contributed by atoms with Gasteiger partial charge in [0.1, 0.15) is 11.3 Å². The summed E-state index contributed by atoms with van der Waals surface area (Å²) in [5.41, 5.74) is 7.57. The van der Waals surface area contributed by atoms with Gasteiger partial charge in [0.15, 0.2) is 10.9 Å². The van der Waals surface area contributed by atoms with Gasteiger partial charge in [0.05, 0.1) is 22.2 Å². The highest BCUT2D eigenvalue weighted by Crippen LogP contribution is 2.24. The monoisotopic (exact) mass is 624 g/mol. The van der Waals surface area contributed by atoms with Crippen LogP contribution < -0.4 is 10.9 Å². The first kappa shape index (κ1) is 30.3. The van der Waals surface area contributed by atoms with Crippen LogP contribution in [-0.2, 0) is 13.1 Å². The van der Waals surface area contributed by atoms with Crippen LogP contribution in [0.1, 0.15) is 11.1 Å². The molecule has 0 amide bonds. The van der Waals surface area contributed by atoms with Crippen molar-refractivity contribution in [1.82, 2.24) is 19.1 Å². The van der Waals surface area contributed by atoms with E-state index in [9.17, 15) is 9.59 Å². The Morgan fingerprint density at radius 3 is 1.15 bits per heavy atom. The van der Waals surface area contributed by atoms with Gasteiger partial charge in [0, 0.05) is 37.6 Å². The maximum Gasteiger partial charge on any atom is 0.191 e. The largest absolute Gasteiger partial charge is 0.321 e. The van der Waals surface area contributed by atoms with Gasteiger partial charge >= 0.3 is 0 Å². The Hall–Kier alpha value is -6.40. The van der Waals surface area contributed by atoms with E-state index in [4.69, 9.17) is 0 Å². The van der Waals surface area contributed by atoms with Crippen LogP contribution in [0.15, 0.2) is 180 Å². The fraction of sp³-hybridized carbons (Fsp3) is 0.0476. The topological polar surface area (TPSA) is 69.8 Å². The molecular weight excluding hydrogens is 592 g/mol. The van der Waals surface area contributed by atoms with Crippen LogP contribution in [0.4, 0.5) is 0 Å². The first-order chi connectivity index (χ1) is 23.7. The molecule has 4 aromatic heterocycles. The lowest BCUT2D eigenvalue weighted by Crippen LogP contribution is -2.13. The van der Waals surface area contributed by atoms with E-state index in [1.807, 2.05) is 109 Å². The number of pyridine rings is 4. The summed E-state index contributed by atoms with van der Waals surface area (Å²) in [7, 11) is 0. The van der Waals surface area contributed by atoms with Crippen molar-refractivity contribution in [2.45, 2.75) is 13.1 Å². The quantitative estimate of drug-likeness (QED) is 0.187. The summed E-state index contributed by atoms with van der Waals surface area (Å²) in [6.07, 6.45) is 3.47. The van der Waals surface area contributed by atoms with Crippen LogP contribution in [0.5, 0.6) is 0 Å². The molecule has 48 heavy (non-hydrogen) atoms. The maximum absolute atomic E-state index is 12.5. The van der Waals surface area contributed by atoms with Gasteiger partial charge in [-0.3, -0.25) is 9.59 Å². The molecule has 0 spiro atoms. The van der Waals surface area contributed by atoms with E-state index < -0.39 is 0 Å². The molecule has 4 aromatic carbocycles. The molecule has 0 N–H and O–H groups in total. The van der Waals surface area contributed by atoms with Crippen LogP contribution in [0.2, 0.25) is 0 Å². The molecule has 232 valence electrons. The molecule has 0 saturated heterocycles. The van der Waals surface area contributed by atoms with Crippen molar-refractivity contribution < 1.29 is 0 Å². The zero-order valence-electron chi connectivity index (χ0n) is 26.2. The molecule has 8 rings (SSSR count). The maximum atomic E-state index is 12.5. The molecule has 0 atom stereocenters. The Morgan fingerprint density at radius 2 is 0.771 bits per heavy atom. The molecular formula is C42H32N4O2. The lowest BCUT2D eigenvalue weighted by molar-refractivity contribution is 0.822. The second-order valence-electron chi connectivity index (χ2n) is 11.4. The number of aromatic nitrogens is 4. The van der Waals surface area contributed by atoms with E-state index in [-0.39, 0.29) is 10.9 Å². The molecule has 6 heteroatoms. The van der Waals surface area contributed by atoms with Crippen LogP contribution in [-0.4, -0.2) is 19.1 Å². The van der Waals surface area contributed by atoms with Crippen LogP contribution in [0, 0.1) is 0 Å². The van der Waals surface area contributed by atoms with Gasteiger partial charge in [-0.1, -0.05) is 121 Å². The lowest BCUT2D eigenvalue weighted by Gasteiger charge is -2.16. The van der Waals surface area contributed by atoms with Gasteiger partial charge < -0.3 is 9.13 Å². The standard InChI is InChI=1S/2C21H16N2O/c2*24-20-14-19(17-10-5-2-6-11-17)23(15-16-8-3-1-4-9-16)21-18(20)12-7-13-22-21/h2*1-14H,15H2. The molecule has 0 aliphatic rings. The van der Waals surface area contributed by atoms with E-state index in [2.05, 4.69) is 43.4 Å². The normalized spacial score (nSPS) is 10.8. The third-order valence-electron chi connectivity index (χ3n) is 8.24. The van der Waals surface area contributed by atoms with Crippen molar-refractivity contribution in [1.29, 1.82) is 0 Å². The fourth-order valence-electron chi connectivity index (χ4n) is 5.94.